The number of amides is 1. The minimum absolute atomic E-state index is 0.0176. The van der Waals surface area contributed by atoms with E-state index in [1.54, 1.807) is 35.2 Å². The lowest BCUT2D eigenvalue weighted by molar-refractivity contribution is -0.384. The molecule has 1 aromatic heterocycles. The number of hydrogen-bond donors (Lipinski definition) is 0. The molecule has 1 saturated heterocycles. The van der Waals surface area contributed by atoms with Gasteiger partial charge in [0.2, 0.25) is 0 Å². The number of rotatable bonds is 5. The van der Waals surface area contributed by atoms with E-state index in [0.29, 0.717) is 27.2 Å². The molecule has 1 aliphatic heterocycles. The van der Waals surface area contributed by atoms with Crippen molar-refractivity contribution in [2.24, 2.45) is 4.99 Å². The molecule has 5 rings (SSSR count). The summed E-state index contributed by atoms with van der Waals surface area (Å²) in [6.07, 6.45) is 1.67. The number of benzene rings is 3. The van der Waals surface area contributed by atoms with Crippen molar-refractivity contribution in [1.29, 1.82) is 0 Å². The lowest BCUT2D eigenvalue weighted by atomic mass is 10.1. The Hall–Kier alpha value is -4.43. The molecule has 4 aromatic rings. The number of thioether (sulfide) groups is 1. The molecule has 0 atom stereocenters. The first-order valence-corrected chi connectivity index (χ1v) is 12.0. The summed E-state index contributed by atoms with van der Waals surface area (Å²) in [4.78, 5) is 31.0. The molecule has 36 heavy (non-hydrogen) atoms. The predicted octanol–water partition coefficient (Wildman–Crippen LogP) is 7.28. The molecule has 178 valence electrons. The van der Waals surface area contributed by atoms with Gasteiger partial charge in [0.05, 0.1) is 21.2 Å². The first-order chi connectivity index (χ1) is 17.4. The summed E-state index contributed by atoms with van der Waals surface area (Å²) >= 11 is 1.27. The summed E-state index contributed by atoms with van der Waals surface area (Å²) < 4.78 is 5.92. The van der Waals surface area contributed by atoms with Crippen LogP contribution in [0.15, 0.2) is 99.2 Å². The molecule has 8 heteroatoms. The number of carbonyl (C=O) groups is 1. The zero-order chi connectivity index (χ0) is 25.2. The van der Waals surface area contributed by atoms with Crippen LogP contribution in [0.3, 0.4) is 0 Å². The van der Waals surface area contributed by atoms with Gasteiger partial charge in [0.15, 0.2) is 5.17 Å². The van der Waals surface area contributed by atoms with Gasteiger partial charge >= 0.3 is 0 Å². The number of anilines is 1. The summed E-state index contributed by atoms with van der Waals surface area (Å²) in [5.74, 6) is 0.737. The van der Waals surface area contributed by atoms with Gasteiger partial charge in [-0.1, -0.05) is 47.5 Å². The number of aryl methyl sites for hydroxylation is 2. The zero-order valence-corrected chi connectivity index (χ0v) is 20.4. The molecule has 0 saturated carbocycles. The molecular weight excluding hydrogens is 474 g/mol. The Bertz CT molecular complexity index is 1520. The SMILES string of the molecule is Cc1ccc(N=C2S/C(=C/c3ccc(-c4cccc([N+](=O)[O-])c4)o3)C(=O)N2c2ccc(C)cc2)cc1. The van der Waals surface area contributed by atoms with E-state index < -0.39 is 4.92 Å². The monoisotopic (exact) mass is 495 g/mol. The Labute approximate surface area is 211 Å². The maximum Gasteiger partial charge on any atom is 0.271 e. The van der Waals surface area contributed by atoms with Crippen LogP contribution in [0.2, 0.25) is 0 Å². The highest BCUT2D eigenvalue weighted by molar-refractivity contribution is 8.19. The molecule has 1 aliphatic rings. The van der Waals surface area contributed by atoms with Gasteiger partial charge in [0, 0.05) is 23.8 Å². The van der Waals surface area contributed by atoms with Crippen molar-refractivity contribution < 1.29 is 14.1 Å². The molecule has 0 radical (unpaired) electrons. The number of amidine groups is 1. The number of nitrogens with zero attached hydrogens (tertiary/aromatic N) is 3. The Balaban J connectivity index is 1.50. The van der Waals surface area contributed by atoms with Crippen LogP contribution in [0.4, 0.5) is 17.1 Å². The fourth-order valence-corrected chi connectivity index (χ4v) is 4.67. The van der Waals surface area contributed by atoms with Gasteiger partial charge in [-0.25, -0.2) is 4.99 Å². The van der Waals surface area contributed by atoms with Crippen LogP contribution in [-0.2, 0) is 4.79 Å². The second-order valence-corrected chi connectivity index (χ2v) is 9.34. The van der Waals surface area contributed by atoms with Crippen LogP contribution < -0.4 is 4.90 Å². The molecule has 1 fully saturated rings. The van der Waals surface area contributed by atoms with Crippen LogP contribution in [0.5, 0.6) is 0 Å². The quantitative estimate of drug-likeness (QED) is 0.165. The first kappa shape index (κ1) is 23.3. The van der Waals surface area contributed by atoms with Gasteiger partial charge in [-0.15, -0.1) is 0 Å². The number of hydrogen-bond acceptors (Lipinski definition) is 6. The summed E-state index contributed by atoms with van der Waals surface area (Å²) in [5, 5.41) is 11.7. The second-order valence-electron chi connectivity index (χ2n) is 8.33. The van der Waals surface area contributed by atoms with Crippen LogP contribution in [-0.4, -0.2) is 16.0 Å². The van der Waals surface area contributed by atoms with Crippen molar-refractivity contribution >= 4 is 46.0 Å². The summed E-state index contributed by atoms with van der Waals surface area (Å²) in [5.41, 5.74) is 4.26. The van der Waals surface area contributed by atoms with E-state index in [-0.39, 0.29) is 11.6 Å². The summed E-state index contributed by atoms with van der Waals surface area (Å²) in [6, 6.07) is 25.2. The third-order valence-electron chi connectivity index (χ3n) is 5.60. The number of non-ortho nitro benzene ring substituents is 1. The summed E-state index contributed by atoms with van der Waals surface area (Å²) in [7, 11) is 0. The van der Waals surface area contributed by atoms with E-state index >= 15 is 0 Å². The lowest BCUT2D eigenvalue weighted by Crippen LogP contribution is -2.28. The van der Waals surface area contributed by atoms with Crippen LogP contribution in [0.1, 0.15) is 16.9 Å². The molecule has 3 aromatic carbocycles. The molecule has 1 amide bonds. The second kappa shape index (κ2) is 9.67. The van der Waals surface area contributed by atoms with Gasteiger partial charge in [0.25, 0.3) is 11.6 Å². The lowest BCUT2D eigenvalue weighted by Gasteiger charge is -2.16. The molecule has 0 aliphatic carbocycles. The van der Waals surface area contributed by atoms with Gasteiger partial charge in [0.1, 0.15) is 11.5 Å². The van der Waals surface area contributed by atoms with Gasteiger partial charge in [-0.2, -0.15) is 0 Å². The Morgan fingerprint density at radius 1 is 0.944 bits per heavy atom. The van der Waals surface area contributed by atoms with E-state index in [1.165, 1.54) is 23.9 Å². The highest BCUT2D eigenvalue weighted by Gasteiger charge is 2.35. The zero-order valence-electron chi connectivity index (χ0n) is 19.5. The number of nitro groups is 1. The van der Waals surface area contributed by atoms with E-state index in [4.69, 9.17) is 9.41 Å². The Morgan fingerprint density at radius 3 is 2.33 bits per heavy atom. The third-order valence-corrected chi connectivity index (χ3v) is 6.57. The van der Waals surface area contributed by atoms with E-state index in [2.05, 4.69) is 0 Å². The van der Waals surface area contributed by atoms with Crippen LogP contribution in [0, 0.1) is 24.0 Å². The van der Waals surface area contributed by atoms with Crippen LogP contribution in [0.25, 0.3) is 17.4 Å². The average molecular weight is 496 g/mol. The largest absolute Gasteiger partial charge is 0.457 e. The molecule has 2 heterocycles. The van der Waals surface area contributed by atoms with Crippen molar-refractivity contribution in [3.63, 3.8) is 0 Å². The minimum atomic E-state index is -0.447. The smallest absolute Gasteiger partial charge is 0.271 e. The average Bonchev–Trinajstić information content (AvgIpc) is 3.46. The van der Waals surface area contributed by atoms with Crippen molar-refractivity contribution in [2.75, 3.05) is 4.90 Å². The van der Waals surface area contributed by atoms with Gasteiger partial charge in [-0.05, 0) is 62.0 Å². The van der Waals surface area contributed by atoms with Crippen LogP contribution >= 0.6 is 11.8 Å². The molecule has 7 nitrogen and oxygen atoms in total. The summed E-state index contributed by atoms with van der Waals surface area (Å²) in [6.45, 7) is 4.00. The number of furan rings is 1. The topological polar surface area (TPSA) is 89.0 Å². The third kappa shape index (κ3) is 4.85. The van der Waals surface area contributed by atoms with Crippen molar-refractivity contribution in [1.82, 2.24) is 0 Å². The predicted molar refractivity (Wildman–Crippen MR) is 143 cm³/mol. The molecular formula is C28H21N3O4S. The van der Waals surface area contributed by atoms with Gasteiger partial charge in [-0.3, -0.25) is 19.8 Å². The van der Waals surface area contributed by atoms with E-state index in [1.807, 2.05) is 62.4 Å². The maximum absolute atomic E-state index is 13.5. The number of aliphatic imine (C=N–C) groups is 1. The normalized spacial score (nSPS) is 15.7. The fraction of sp³-hybridized carbons (Fsp3) is 0.0714. The molecule has 0 unspecified atom stereocenters. The number of carbonyl (C=O) groups excluding carboxylic acids is 1. The first-order valence-electron chi connectivity index (χ1n) is 11.2. The molecule has 0 spiro atoms. The minimum Gasteiger partial charge on any atom is -0.457 e. The highest BCUT2D eigenvalue weighted by Crippen LogP contribution is 2.38. The Morgan fingerprint density at radius 2 is 1.64 bits per heavy atom. The van der Waals surface area contributed by atoms with Crippen molar-refractivity contribution in [3.05, 3.63) is 117 Å². The Kier molecular flexibility index (Phi) is 6.26. The fourth-order valence-electron chi connectivity index (χ4n) is 3.69. The number of nitro benzene ring substituents is 1. The van der Waals surface area contributed by atoms with E-state index in [0.717, 1.165) is 22.5 Å². The van der Waals surface area contributed by atoms with Crippen molar-refractivity contribution in [3.8, 4) is 11.3 Å². The molecule has 0 bridgehead atoms. The van der Waals surface area contributed by atoms with Crippen molar-refractivity contribution in [2.45, 2.75) is 13.8 Å². The molecule has 0 N–H and O–H groups in total. The maximum atomic E-state index is 13.5. The standard InChI is InChI=1S/C28H21N3O4S/c1-18-6-10-21(11-7-18)29-28-30(22-12-8-19(2)9-13-22)27(32)26(36-28)17-24-14-15-25(35-24)20-4-3-5-23(16-20)31(33)34/h3-17H,1-2H3/b26-17+,29-28?. The van der Waals surface area contributed by atoms with E-state index in [9.17, 15) is 14.9 Å². The highest BCUT2D eigenvalue weighted by atomic mass is 32.2. The van der Waals surface area contributed by atoms with Gasteiger partial charge < -0.3 is 4.42 Å².